The lowest BCUT2D eigenvalue weighted by atomic mass is 9.98. The Morgan fingerprint density at radius 1 is 1.08 bits per heavy atom. The molecule has 1 N–H and O–H groups in total. The summed E-state index contributed by atoms with van der Waals surface area (Å²) in [5, 5.41) is 9.44. The molecule has 124 valence electrons. The van der Waals surface area contributed by atoms with Crippen LogP contribution in [0.2, 0.25) is 0 Å². The number of nitrogens with zero attached hydrogens (tertiary/aromatic N) is 1. The van der Waals surface area contributed by atoms with Gasteiger partial charge >= 0.3 is 0 Å². The van der Waals surface area contributed by atoms with Gasteiger partial charge in [0.15, 0.2) is 0 Å². The molecule has 0 saturated carbocycles. The number of benzene rings is 2. The van der Waals surface area contributed by atoms with Crippen molar-refractivity contribution >= 4 is 11.6 Å². The average Bonchev–Trinajstić information content (AvgIpc) is 2.60. The minimum atomic E-state index is 0.277. The largest absolute Gasteiger partial charge is 0.508 e. The number of hydrogen-bond donors (Lipinski definition) is 1. The van der Waals surface area contributed by atoms with E-state index in [1.165, 1.54) is 5.56 Å². The molecular weight excluding hydrogens is 302 g/mol. The summed E-state index contributed by atoms with van der Waals surface area (Å²) in [5.74, 6) is 2.08. The summed E-state index contributed by atoms with van der Waals surface area (Å²) in [6, 6.07) is 11.4. The molecule has 0 atom stereocenters. The molecule has 2 aromatic carbocycles. The van der Waals surface area contributed by atoms with E-state index in [4.69, 9.17) is 9.47 Å². The summed E-state index contributed by atoms with van der Waals surface area (Å²) in [6.07, 6.45) is 3.29. The van der Waals surface area contributed by atoms with Gasteiger partial charge in [-0.2, -0.15) is 0 Å². The topological polar surface area (TPSA) is 41.9 Å². The molecule has 0 aliphatic carbocycles. The van der Waals surface area contributed by atoms with E-state index in [-0.39, 0.29) is 5.75 Å². The van der Waals surface area contributed by atoms with E-state index in [1.807, 2.05) is 18.2 Å². The Hall–Kier alpha value is -2.46. The van der Waals surface area contributed by atoms with Crippen LogP contribution < -0.4 is 9.47 Å². The average molecular weight is 323 g/mol. The van der Waals surface area contributed by atoms with Crippen molar-refractivity contribution in [1.29, 1.82) is 0 Å². The summed E-state index contributed by atoms with van der Waals surface area (Å²) in [6.45, 7) is 5.32. The van der Waals surface area contributed by atoms with Crippen molar-refractivity contribution in [3.05, 3.63) is 53.1 Å². The van der Waals surface area contributed by atoms with Crippen LogP contribution in [0.25, 0.3) is 11.6 Å². The van der Waals surface area contributed by atoms with Crippen molar-refractivity contribution in [3.8, 4) is 17.2 Å². The number of phenols is 1. The number of ether oxygens (including phenoxy) is 2. The standard InChI is InChI=1S/C20H21NO3/c1-2-7-21-11-16-8-15-9-17(14-3-5-18(22)6-4-14)12-23-19(15)10-20(16)24-13-21/h3-6,8-10,22H,2,7,11-13H2,1H3. The van der Waals surface area contributed by atoms with E-state index in [9.17, 15) is 5.11 Å². The van der Waals surface area contributed by atoms with Gasteiger partial charge in [0.2, 0.25) is 0 Å². The molecule has 2 aliphatic rings. The number of fused-ring (bicyclic) bond motifs is 2. The van der Waals surface area contributed by atoms with Gasteiger partial charge in [-0.05, 0) is 41.8 Å². The molecule has 4 heteroatoms. The maximum Gasteiger partial charge on any atom is 0.142 e. The Bertz CT molecular complexity index is 780. The lowest BCUT2D eigenvalue weighted by Crippen LogP contribution is -2.32. The van der Waals surface area contributed by atoms with Crippen molar-refractivity contribution < 1.29 is 14.6 Å². The van der Waals surface area contributed by atoms with Crippen LogP contribution in [0.4, 0.5) is 0 Å². The molecule has 2 aliphatic heterocycles. The normalized spacial score (nSPS) is 16.5. The third-order valence-electron chi connectivity index (χ3n) is 4.48. The van der Waals surface area contributed by atoms with E-state index in [0.29, 0.717) is 13.3 Å². The van der Waals surface area contributed by atoms with Gasteiger partial charge in [-0.3, -0.25) is 4.90 Å². The molecule has 0 amide bonds. The fraction of sp³-hybridized carbons (Fsp3) is 0.300. The van der Waals surface area contributed by atoms with Crippen LogP contribution in [-0.2, 0) is 6.54 Å². The molecule has 0 saturated heterocycles. The highest BCUT2D eigenvalue weighted by atomic mass is 16.5. The molecule has 4 rings (SSSR count). The first kappa shape index (κ1) is 15.1. The molecular formula is C20H21NO3. The van der Waals surface area contributed by atoms with Gasteiger partial charge in [0, 0.05) is 30.3 Å². The minimum Gasteiger partial charge on any atom is -0.508 e. The summed E-state index contributed by atoms with van der Waals surface area (Å²) in [5.41, 5.74) is 4.48. The van der Waals surface area contributed by atoms with Crippen LogP contribution in [0.15, 0.2) is 36.4 Å². The van der Waals surface area contributed by atoms with Gasteiger partial charge < -0.3 is 14.6 Å². The van der Waals surface area contributed by atoms with Gasteiger partial charge in [0.05, 0.1) is 0 Å². The molecule has 2 aromatic rings. The molecule has 0 fully saturated rings. The van der Waals surface area contributed by atoms with Gasteiger partial charge in [0.1, 0.15) is 30.6 Å². The highest BCUT2D eigenvalue weighted by Crippen LogP contribution is 2.37. The van der Waals surface area contributed by atoms with Gasteiger partial charge in [-0.25, -0.2) is 0 Å². The number of hydrogen-bond acceptors (Lipinski definition) is 4. The van der Waals surface area contributed by atoms with Crippen LogP contribution in [0.5, 0.6) is 17.2 Å². The van der Waals surface area contributed by atoms with Crippen molar-refractivity contribution in [2.45, 2.75) is 19.9 Å². The summed E-state index contributed by atoms with van der Waals surface area (Å²) >= 11 is 0. The highest BCUT2D eigenvalue weighted by molar-refractivity contribution is 5.86. The zero-order chi connectivity index (χ0) is 16.5. The van der Waals surface area contributed by atoms with Crippen molar-refractivity contribution in [1.82, 2.24) is 4.90 Å². The quantitative estimate of drug-likeness (QED) is 0.930. The van der Waals surface area contributed by atoms with Crippen LogP contribution in [-0.4, -0.2) is 29.9 Å². The molecule has 0 aromatic heterocycles. The molecule has 0 spiro atoms. The highest BCUT2D eigenvalue weighted by Gasteiger charge is 2.21. The second kappa shape index (κ2) is 6.21. The number of phenolic OH excluding ortho intramolecular Hbond substituents is 1. The van der Waals surface area contributed by atoms with Crippen molar-refractivity contribution in [2.24, 2.45) is 0 Å². The predicted molar refractivity (Wildman–Crippen MR) is 94.1 cm³/mol. The first-order chi connectivity index (χ1) is 11.7. The van der Waals surface area contributed by atoms with Gasteiger partial charge in [-0.15, -0.1) is 0 Å². The molecule has 2 heterocycles. The predicted octanol–water partition coefficient (Wildman–Crippen LogP) is 3.89. The Kier molecular flexibility index (Phi) is 3.90. The molecule has 0 radical (unpaired) electrons. The lowest BCUT2D eigenvalue weighted by molar-refractivity contribution is 0.0951. The summed E-state index contributed by atoms with van der Waals surface area (Å²) < 4.78 is 11.8. The third kappa shape index (κ3) is 2.85. The van der Waals surface area contributed by atoms with Crippen molar-refractivity contribution in [2.75, 3.05) is 19.9 Å². The SMILES string of the molecule is CCCN1COc2cc3c(cc2C1)C=C(c1ccc(O)cc1)CO3. The third-order valence-corrected chi connectivity index (χ3v) is 4.48. The maximum atomic E-state index is 9.44. The molecule has 24 heavy (non-hydrogen) atoms. The smallest absolute Gasteiger partial charge is 0.142 e. The summed E-state index contributed by atoms with van der Waals surface area (Å²) in [4.78, 5) is 2.31. The fourth-order valence-corrected chi connectivity index (χ4v) is 3.26. The Labute approximate surface area is 141 Å². The van der Waals surface area contributed by atoms with Gasteiger partial charge in [0.25, 0.3) is 0 Å². The fourth-order valence-electron chi connectivity index (χ4n) is 3.26. The van der Waals surface area contributed by atoms with Crippen LogP contribution in [0.3, 0.4) is 0 Å². The molecule has 0 bridgehead atoms. The van der Waals surface area contributed by atoms with Crippen LogP contribution in [0, 0.1) is 0 Å². The second-order valence-corrected chi connectivity index (χ2v) is 6.33. The van der Waals surface area contributed by atoms with Gasteiger partial charge in [-0.1, -0.05) is 19.1 Å². The monoisotopic (exact) mass is 323 g/mol. The molecule has 0 unspecified atom stereocenters. The van der Waals surface area contributed by atoms with Crippen LogP contribution in [0.1, 0.15) is 30.0 Å². The zero-order valence-corrected chi connectivity index (χ0v) is 13.8. The van der Waals surface area contributed by atoms with E-state index >= 15 is 0 Å². The molecule has 4 nitrogen and oxygen atoms in total. The summed E-state index contributed by atoms with van der Waals surface area (Å²) in [7, 11) is 0. The second-order valence-electron chi connectivity index (χ2n) is 6.33. The number of rotatable bonds is 3. The van der Waals surface area contributed by atoms with Crippen molar-refractivity contribution in [3.63, 3.8) is 0 Å². The number of aromatic hydroxyl groups is 1. The first-order valence-electron chi connectivity index (χ1n) is 8.38. The maximum absolute atomic E-state index is 9.44. The Morgan fingerprint density at radius 2 is 1.92 bits per heavy atom. The van der Waals surface area contributed by atoms with E-state index in [2.05, 4.69) is 24.0 Å². The first-order valence-corrected chi connectivity index (χ1v) is 8.38. The van der Waals surface area contributed by atoms with E-state index in [1.54, 1.807) is 12.1 Å². The van der Waals surface area contributed by atoms with E-state index in [0.717, 1.165) is 47.7 Å². The minimum absolute atomic E-state index is 0.277. The van der Waals surface area contributed by atoms with Crippen LogP contribution >= 0.6 is 0 Å². The van der Waals surface area contributed by atoms with E-state index < -0.39 is 0 Å². The Morgan fingerprint density at radius 3 is 2.71 bits per heavy atom. The zero-order valence-electron chi connectivity index (χ0n) is 13.8. The lowest BCUT2D eigenvalue weighted by Gasteiger charge is -2.30. The Balaban J connectivity index is 1.66.